The van der Waals surface area contributed by atoms with Crippen LogP contribution in [-0.2, 0) is 16.0 Å². The van der Waals surface area contributed by atoms with Gasteiger partial charge in [0.15, 0.2) is 0 Å². The minimum absolute atomic E-state index is 0.0634. The Hall–Kier alpha value is -3.16. The molecule has 0 saturated carbocycles. The number of halogens is 1. The Bertz CT molecular complexity index is 1090. The van der Waals surface area contributed by atoms with E-state index in [0.29, 0.717) is 11.3 Å². The van der Waals surface area contributed by atoms with Crippen LogP contribution in [0.5, 0.6) is 0 Å². The summed E-state index contributed by atoms with van der Waals surface area (Å²) in [6.07, 6.45) is 0.216. The smallest absolute Gasteiger partial charge is 0.269 e. The molecule has 1 saturated heterocycles. The highest BCUT2D eigenvalue weighted by Gasteiger charge is 2.40. The van der Waals surface area contributed by atoms with E-state index in [9.17, 15) is 25.0 Å². The quantitative estimate of drug-likeness (QED) is 0.299. The summed E-state index contributed by atoms with van der Waals surface area (Å²) in [5.74, 6) is -0.897. The van der Waals surface area contributed by atoms with Crippen molar-refractivity contribution in [3.63, 3.8) is 0 Å². The van der Waals surface area contributed by atoms with Crippen LogP contribution >= 0.6 is 27.7 Å². The summed E-state index contributed by atoms with van der Waals surface area (Å²) in [5.41, 5.74) is 0.904. The van der Waals surface area contributed by atoms with Gasteiger partial charge in [0, 0.05) is 29.3 Å². The van der Waals surface area contributed by atoms with Crippen molar-refractivity contribution in [1.82, 2.24) is 5.32 Å². The number of nitro benzene ring substituents is 1. The highest BCUT2D eigenvalue weighted by atomic mass is 79.9. The normalized spacial score (nSPS) is 17.4. The number of anilines is 1. The molecule has 30 heavy (non-hydrogen) atoms. The van der Waals surface area contributed by atoms with Crippen LogP contribution in [0.4, 0.5) is 11.4 Å². The average molecular weight is 487 g/mol. The molecule has 1 N–H and O–H groups in total. The maximum absolute atomic E-state index is 13.2. The number of thioether (sulfide) groups is 1. The molecule has 0 radical (unpaired) electrons. The van der Waals surface area contributed by atoms with Crippen LogP contribution in [0.15, 0.2) is 63.6 Å². The summed E-state index contributed by atoms with van der Waals surface area (Å²) in [7, 11) is 1.41. The molecule has 8 nitrogen and oxygen atoms in total. The molecular weight excluding hydrogens is 472 g/mol. The van der Waals surface area contributed by atoms with Crippen LogP contribution < -0.4 is 10.2 Å². The van der Waals surface area contributed by atoms with Gasteiger partial charge >= 0.3 is 0 Å². The highest BCUT2D eigenvalue weighted by Crippen LogP contribution is 2.42. The van der Waals surface area contributed by atoms with Gasteiger partial charge in [0.2, 0.25) is 5.91 Å². The Morgan fingerprint density at radius 3 is 2.63 bits per heavy atom. The van der Waals surface area contributed by atoms with Gasteiger partial charge in [-0.1, -0.05) is 39.8 Å². The molecule has 10 heteroatoms. The first kappa shape index (κ1) is 21.5. The molecule has 152 valence electrons. The fourth-order valence-corrected chi connectivity index (χ4v) is 4.52. The lowest BCUT2D eigenvalue weighted by Gasteiger charge is -2.18. The van der Waals surface area contributed by atoms with Gasteiger partial charge in [-0.3, -0.25) is 24.6 Å². The van der Waals surface area contributed by atoms with Gasteiger partial charge in [-0.15, -0.1) is 0 Å². The van der Waals surface area contributed by atoms with E-state index in [1.54, 1.807) is 36.4 Å². The van der Waals surface area contributed by atoms with Crippen molar-refractivity contribution < 1.29 is 14.5 Å². The Morgan fingerprint density at radius 1 is 1.33 bits per heavy atom. The minimum Gasteiger partial charge on any atom is -0.354 e. The summed E-state index contributed by atoms with van der Waals surface area (Å²) in [4.78, 5) is 37.4. The maximum Gasteiger partial charge on any atom is 0.269 e. The topological polar surface area (TPSA) is 116 Å². The first-order chi connectivity index (χ1) is 14.3. The van der Waals surface area contributed by atoms with Gasteiger partial charge in [-0.2, -0.15) is 5.26 Å². The van der Waals surface area contributed by atoms with Crippen molar-refractivity contribution in [3.05, 3.63) is 79.3 Å². The molecular formula is C20H15BrN4O4S. The van der Waals surface area contributed by atoms with E-state index in [-0.39, 0.29) is 28.6 Å². The third-order valence-corrected chi connectivity index (χ3v) is 6.15. The Morgan fingerprint density at radius 2 is 2.03 bits per heavy atom. The van der Waals surface area contributed by atoms with Gasteiger partial charge in [-0.05, 0) is 36.2 Å². The van der Waals surface area contributed by atoms with Crippen molar-refractivity contribution in [2.24, 2.45) is 0 Å². The summed E-state index contributed by atoms with van der Waals surface area (Å²) in [6.45, 7) is 0. The number of nitro groups is 1. The van der Waals surface area contributed by atoms with Crippen LogP contribution in [0.1, 0.15) is 5.56 Å². The predicted molar refractivity (Wildman–Crippen MR) is 117 cm³/mol. The number of rotatable bonds is 5. The molecule has 0 bridgehead atoms. The molecule has 0 aromatic heterocycles. The molecule has 1 atom stereocenters. The maximum atomic E-state index is 13.2. The van der Waals surface area contributed by atoms with Crippen LogP contribution in [-0.4, -0.2) is 29.0 Å². The largest absolute Gasteiger partial charge is 0.354 e. The Balaban J connectivity index is 2.03. The number of amides is 2. The number of benzene rings is 2. The SMILES string of the molecule is CNC(=O)/C(C#N)=C1\S[C@@H](Cc2cccc([N+](=O)[O-])c2)C(=O)N1c1ccc(Br)cc1. The minimum atomic E-state index is -0.640. The number of carbonyl (C=O) groups excluding carboxylic acids is 2. The number of hydrogen-bond donors (Lipinski definition) is 1. The first-order valence-corrected chi connectivity index (χ1v) is 10.4. The van der Waals surface area contributed by atoms with E-state index in [1.165, 1.54) is 24.1 Å². The molecule has 2 aromatic rings. The zero-order valence-corrected chi connectivity index (χ0v) is 18.1. The number of hydrogen-bond acceptors (Lipinski definition) is 6. The third-order valence-electron chi connectivity index (χ3n) is 4.36. The van der Waals surface area contributed by atoms with Gasteiger partial charge in [-0.25, -0.2) is 0 Å². The summed E-state index contributed by atoms with van der Waals surface area (Å²) >= 11 is 4.45. The lowest BCUT2D eigenvalue weighted by Crippen LogP contribution is -2.31. The van der Waals surface area contributed by atoms with Crippen molar-refractivity contribution in [3.8, 4) is 6.07 Å². The zero-order valence-electron chi connectivity index (χ0n) is 15.7. The van der Waals surface area contributed by atoms with Crippen molar-refractivity contribution >= 4 is 50.9 Å². The molecule has 1 heterocycles. The lowest BCUT2D eigenvalue weighted by atomic mass is 10.1. The second-order valence-corrected chi connectivity index (χ2v) is 8.37. The third kappa shape index (κ3) is 4.37. The van der Waals surface area contributed by atoms with E-state index in [1.807, 2.05) is 6.07 Å². The molecule has 0 unspecified atom stereocenters. The number of non-ortho nitro benzene ring substituents is 1. The van der Waals surface area contributed by atoms with Crippen LogP contribution in [0, 0.1) is 21.4 Å². The van der Waals surface area contributed by atoms with E-state index in [4.69, 9.17) is 0 Å². The molecule has 1 fully saturated rings. The average Bonchev–Trinajstić information content (AvgIpc) is 3.05. The number of likely N-dealkylation sites (N-methyl/N-ethyl adjacent to an activating group) is 1. The van der Waals surface area contributed by atoms with Gasteiger partial charge < -0.3 is 5.32 Å². The summed E-state index contributed by atoms with van der Waals surface area (Å²) in [5, 5.41) is 22.6. The number of nitrogens with one attached hydrogen (secondary N) is 1. The van der Waals surface area contributed by atoms with Crippen molar-refractivity contribution in [2.45, 2.75) is 11.7 Å². The fourth-order valence-electron chi connectivity index (χ4n) is 2.95. The Labute approximate surface area is 184 Å². The summed E-state index contributed by atoms with van der Waals surface area (Å²) in [6, 6.07) is 14.9. The predicted octanol–water partition coefficient (Wildman–Crippen LogP) is 3.53. The van der Waals surface area contributed by atoms with Gasteiger partial charge in [0.1, 0.15) is 16.7 Å². The second kappa shape index (κ2) is 9.11. The van der Waals surface area contributed by atoms with Crippen LogP contribution in [0.3, 0.4) is 0 Å². The van der Waals surface area contributed by atoms with Crippen LogP contribution in [0.25, 0.3) is 0 Å². The number of carbonyl (C=O) groups is 2. The number of nitriles is 1. The van der Waals surface area contributed by atoms with E-state index < -0.39 is 16.1 Å². The molecule has 1 aliphatic rings. The summed E-state index contributed by atoms with van der Waals surface area (Å²) < 4.78 is 0.816. The van der Waals surface area contributed by atoms with Gasteiger partial charge in [0.05, 0.1) is 10.2 Å². The molecule has 2 amide bonds. The first-order valence-electron chi connectivity index (χ1n) is 8.71. The highest BCUT2D eigenvalue weighted by molar-refractivity contribution is 9.10. The molecule has 1 aliphatic heterocycles. The van der Waals surface area contributed by atoms with Crippen molar-refractivity contribution in [1.29, 1.82) is 5.26 Å². The molecule has 2 aromatic carbocycles. The molecule has 0 aliphatic carbocycles. The van der Waals surface area contributed by atoms with E-state index in [0.717, 1.165) is 16.2 Å². The monoisotopic (exact) mass is 486 g/mol. The van der Waals surface area contributed by atoms with E-state index >= 15 is 0 Å². The zero-order chi connectivity index (χ0) is 21.8. The van der Waals surface area contributed by atoms with E-state index in [2.05, 4.69) is 21.2 Å². The standard InChI is InChI=1S/C20H15BrN4O4S/c1-23-18(26)16(11-22)20-24(14-7-5-13(21)6-8-14)19(27)17(30-20)10-12-3-2-4-15(9-12)25(28)29/h2-9,17H,10H2,1H3,(H,23,26)/b20-16-/t17-/m0/s1. The second-order valence-electron chi connectivity index (χ2n) is 6.26. The Kier molecular flexibility index (Phi) is 6.54. The fraction of sp³-hybridized carbons (Fsp3) is 0.150. The molecule has 0 spiro atoms. The van der Waals surface area contributed by atoms with Crippen molar-refractivity contribution in [2.75, 3.05) is 11.9 Å². The van der Waals surface area contributed by atoms with Gasteiger partial charge in [0.25, 0.3) is 11.6 Å². The number of nitrogens with zero attached hydrogens (tertiary/aromatic N) is 3. The lowest BCUT2D eigenvalue weighted by molar-refractivity contribution is -0.384. The van der Waals surface area contributed by atoms with Crippen LogP contribution in [0.2, 0.25) is 0 Å². The molecule has 3 rings (SSSR count).